The maximum atomic E-state index is 10.8. The van der Waals surface area contributed by atoms with Crippen molar-refractivity contribution < 1.29 is 14.3 Å². The average Bonchev–Trinajstić information content (AvgIpc) is 3.19. The summed E-state index contributed by atoms with van der Waals surface area (Å²) in [5.41, 5.74) is 6.57. The Labute approximate surface area is 197 Å². The minimum absolute atomic E-state index is 0. The Morgan fingerprint density at radius 3 is 2.50 bits per heavy atom. The summed E-state index contributed by atoms with van der Waals surface area (Å²) in [5.74, 6) is 1.04. The van der Waals surface area contributed by atoms with Crippen molar-refractivity contribution in [3.63, 3.8) is 0 Å². The summed E-state index contributed by atoms with van der Waals surface area (Å²) in [6, 6.07) is 7.72. The highest BCUT2D eigenvalue weighted by molar-refractivity contribution is 14.0. The molecule has 1 aromatic rings. The Hall–Kier alpha value is -1.55. The van der Waals surface area contributed by atoms with Crippen molar-refractivity contribution in [2.75, 3.05) is 40.0 Å². The van der Waals surface area contributed by atoms with Gasteiger partial charge < -0.3 is 25.8 Å². The van der Waals surface area contributed by atoms with Crippen LogP contribution in [-0.2, 0) is 16.0 Å². The number of halogens is 1. The summed E-state index contributed by atoms with van der Waals surface area (Å²) in [4.78, 5) is 15.7. The fourth-order valence-corrected chi connectivity index (χ4v) is 3.75. The molecule has 0 spiro atoms. The zero-order valence-corrected chi connectivity index (χ0v) is 20.6. The Morgan fingerprint density at radius 1 is 1.20 bits per heavy atom. The van der Waals surface area contributed by atoms with Gasteiger partial charge >= 0.3 is 0 Å². The predicted molar refractivity (Wildman–Crippen MR) is 132 cm³/mol. The van der Waals surface area contributed by atoms with E-state index in [1.54, 1.807) is 7.11 Å². The van der Waals surface area contributed by atoms with Crippen molar-refractivity contribution in [3.8, 4) is 5.75 Å². The van der Waals surface area contributed by atoms with Crippen molar-refractivity contribution in [2.24, 2.45) is 16.1 Å². The maximum absolute atomic E-state index is 10.8. The topological polar surface area (TPSA) is 98.0 Å². The lowest BCUT2D eigenvalue weighted by Crippen LogP contribution is -2.39. The number of methoxy groups -OCH3 is 1. The fraction of sp³-hybridized carbons (Fsp3) is 0.636. The minimum Gasteiger partial charge on any atom is -0.484 e. The molecule has 1 aromatic carbocycles. The van der Waals surface area contributed by atoms with E-state index in [4.69, 9.17) is 20.2 Å². The van der Waals surface area contributed by atoms with Gasteiger partial charge in [0.25, 0.3) is 5.91 Å². The maximum Gasteiger partial charge on any atom is 0.255 e. The molecule has 7 nitrogen and oxygen atoms in total. The number of hydrogen-bond acceptors (Lipinski definition) is 4. The third-order valence-electron chi connectivity index (χ3n) is 5.43. The number of carbonyl (C=O) groups excluding carboxylic acids is 1. The third-order valence-corrected chi connectivity index (χ3v) is 5.43. The monoisotopic (exact) mass is 532 g/mol. The van der Waals surface area contributed by atoms with E-state index in [9.17, 15) is 4.79 Å². The number of benzene rings is 1. The number of nitrogens with two attached hydrogens (primary N) is 1. The zero-order valence-electron chi connectivity index (χ0n) is 18.2. The van der Waals surface area contributed by atoms with Crippen LogP contribution < -0.4 is 21.1 Å². The highest BCUT2D eigenvalue weighted by atomic mass is 127. The van der Waals surface area contributed by atoms with Gasteiger partial charge in [0.05, 0.1) is 0 Å². The molecule has 1 amide bonds. The standard InChI is InChI=1S/C22H36N4O3.HI/c1-3-24-21(26-17-22(13-15-28-2)11-4-5-12-22)25-14-10-18-6-8-19(9-7-18)29-16-20(23)27;/h6-9H,3-5,10-17H2,1-2H3,(H2,23,27)(H2,24,25,26);1H. The van der Waals surface area contributed by atoms with E-state index in [0.717, 1.165) is 45.0 Å². The summed E-state index contributed by atoms with van der Waals surface area (Å²) in [5, 5.41) is 6.78. The minimum atomic E-state index is -0.477. The van der Waals surface area contributed by atoms with Gasteiger partial charge in [-0.2, -0.15) is 0 Å². The van der Waals surface area contributed by atoms with E-state index in [1.807, 2.05) is 24.3 Å². The molecule has 170 valence electrons. The molecular weight excluding hydrogens is 495 g/mol. The quantitative estimate of drug-likeness (QED) is 0.219. The highest BCUT2D eigenvalue weighted by Gasteiger charge is 2.33. The van der Waals surface area contributed by atoms with Gasteiger partial charge in [-0.3, -0.25) is 9.79 Å². The molecule has 0 unspecified atom stereocenters. The molecule has 0 atom stereocenters. The molecular formula is C22H37IN4O3. The number of nitrogens with zero attached hydrogens (tertiary/aromatic N) is 1. The molecule has 8 heteroatoms. The lowest BCUT2D eigenvalue weighted by Gasteiger charge is -2.27. The number of aliphatic imine (C=N–C) groups is 1. The first kappa shape index (κ1) is 26.5. The van der Waals surface area contributed by atoms with E-state index >= 15 is 0 Å². The molecule has 0 bridgehead atoms. The van der Waals surface area contributed by atoms with Gasteiger partial charge in [-0.25, -0.2) is 0 Å². The fourth-order valence-electron chi connectivity index (χ4n) is 3.75. The van der Waals surface area contributed by atoms with Gasteiger partial charge in [0, 0.05) is 33.4 Å². The van der Waals surface area contributed by atoms with Crippen molar-refractivity contribution in [2.45, 2.75) is 45.4 Å². The van der Waals surface area contributed by atoms with E-state index in [-0.39, 0.29) is 30.6 Å². The molecule has 0 radical (unpaired) electrons. The molecule has 4 N–H and O–H groups in total. The molecule has 0 aromatic heterocycles. The second-order valence-corrected chi connectivity index (χ2v) is 7.72. The molecule has 0 aliphatic heterocycles. The smallest absolute Gasteiger partial charge is 0.255 e. The highest BCUT2D eigenvalue weighted by Crippen LogP contribution is 2.41. The Bertz CT molecular complexity index is 646. The number of ether oxygens (including phenoxy) is 2. The van der Waals surface area contributed by atoms with Crippen molar-refractivity contribution in [3.05, 3.63) is 29.8 Å². The number of primary amides is 1. The molecule has 1 aliphatic rings. The van der Waals surface area contributed by atoms with Crippen LogP contribution in [-0.4, -0.2) is 51.8 Å². The van der Waals surface area contributed by atoms with Crippen molar-refractivity contribution >= 4 is 35.8 Å². The number of carbonyl (C=O) groups is 1. The molecule has 2 rings (SSSR count). The van der Waals surface area contributed by atoms with E-state index in [2.05, 4.69) is 17.6 Å². The Kier molecular flexibility index (Phi) is 12.8. The second-order valence-electron chi connectivity index (χ2n) is 7.72. The second kappa shape index (κ2) is 14.5. The third kappa shape index (κ3) is 9.51. The lowest BCUT2D eigenvalue weighted by molar-refractivity contribution is -0.119. The summed E-state index contributed by atoms with van der Waals surface area (Å²) >= 11 is 0. The van der Waals surface area contributed by atoms with Gasteiger partial charge in [0.1, 0.15) is 5.75 Å². The molecule has 1 saturated carbocycles. The zero-order chi connectivity index (χ0) is 21.0. The normalized spacial score (nSPS) is 15.3. The van der Waals surface area contributed by atoms with Crippen LogP contribution in [0.25, 0.3) is 0 Å². The average molecular weight is 532 g/mol. The SMILES string of the molecule is CCNC(=NCC1(CCOC)CCCC1)NCCc1ccc(OCC(N)=O)cc1.I. The van der Waals surface area contributed by atoms with Gasteiger partial charge in [0.15, 0.2) is 12.6 Å². The van der Waals surface area contributed by atoms with Gasteiger partial charge in [-0.1, -0.05) is 25.0 Å². The first-order valence-electron chi connectivity index (χ1n) is 10.6. The Morgan fingerprint density at radius 2 is 1.90 bits per heavy atom. The first-order valence-corrected chi connectivity index (χ1v) is 10.6. The number of rotatable bonds is 12. The lowest BCUT2D eigenvalue weighted by atomic mass is 9.83. The van der Waals surface area contributed by atoms with Crippen LogP contribution in [0.1, 0.15) is 44.6 Å². The van der Waals surface area contributed by atoms with E-state index in [1.165, 1.54) is 31.2 Å². The molecule has 30 heavy (non-hydrogen) atoms. The van der Waals surface area contributed by atoms with Gasteiger partial charge in [0.2, 0.25) is 0 Å². The molecule has 1 aliphatic carbocycles. The van der Waals surface area contributed by atoms with Crippen LogP contribution in [0, 0.1) is 5.41 Å². The van der Waals surface area contributed by atoms with E-state index < -0.39 is 5.91 Å². The molecule has 0 saturated heterocycles. The summed E-state index contributed by atoms with van der Waals surface area (Å²) in [6.07, 6.45) is 7.02. The molecule has 0 heterocycles. The number of hydrogen-bond donors (Lipinski definition) is 3. The Balaban J connectivity index is 0.00000450. The van der Waals surface area contributed by atoms with Crippen molar-refractivity contribution in [1.82, 2.24) is 10.6 Å². The van der Waals surface area contributed by atoms with Crippen LogP contribution in [0.4, 0.5) is 0 Å². The number of nitrogens with one attached hydrogen (secondary N) is 2. The van der Waals surface area contributed by atoms with Crippen LogP contribution in [0.15, 0.2) is 29.3 Å². The predicted octanol–water partition coefficient (Wildman–Crippen LogP) is 2.86. The van der Waals surface area contributed by atoms with Crippen LogP contribution in [0.2, 0.25) is 0 Å². The van der Waals surface area contributed by atoms with Crippen LogP contribution in [0.5, 0.6) is 5.75 Å². The first-order chi connectivity index (χ1) is 14.1. The van der Waals surface area contributed by atoms with Crippen LogP contribution >= 0.6 is 24.0 Å². The summed E-state index contributed by atoms with van der Waals surface area (Å²) in [6.45, 7) is 5.25. The van der Waals surface area contributed by atoms with Gasteiger partial charge in [-0.15, -0.1) is 24.0 Å². The van der Waals surface area contributed by atoms with Crippen molar-refractivity contribution in [1.29, 1.82) is 0 Å². The van der Waals surface area contributed by atoms with E-state index in [0.29, 0.717) is 11.2 Å². The van der Waals surface area contributed by atoms with Crippen LogP contribution in [0.3, 0.4) is 0 Å². The summed E-state index contributed by atoms with van der Waals surface area (Å²) in [7, 11) is 1.77. The largest absolute Gasteiger partial charge is 0.484 e. The number of amides is 1. The molecule has 1 fully saturated rings. The number of guanidine groups is 1. The van der Waals surface area contributed by atoms with Gasteiger partial charge in [-0.05, 0) is 55.7 Å². The summed E-state index contributed by atoms with van der Waals surface area (Å²) < 4.78 is 10.6.